The van der Waals surface area contributed by atoms with Crippen molar-refractivity contribution in [3.8, 4) is 10.6 Å². The van der Waals surface area contributed by atoms with Crippen molar-refractivity contribution in [2.75, 3.05) is 39.4 Å². The summed E-state index contributed by atoms with van der Waals surface area (Å²) >= 11 is 12.7. The quantitative estimate of drug-likeness (QED) is 0.434. The van der Waals surface area contributed by atoms with Gasteiger partial charge in [0.1, 0.15) is 5.01 Å². The van der Waals surface area contributed by atoms with Gasteiger partial charge in [-0.3, -0.25) is 10.3 Å². The molecule has 1 saturated heterocycles. The van der Waals surface area contributed by atoms with E-state index in [9.17, 15) is 0 Å². The molecule has 0 spiro atoms. The Morgan fingerprint density at radius 2 is 2.12 bits per heavy atom. The molecule has 0 amide bonds. The summed E-state index contributed by atoms with van der Waals surface area (Å²) in [6.45, 7) is 5.26. The van der Waals surface area contributed by atoms with Gasteiger partial charge < -0.3 is 10.1 Å². The van der Waals surface area contributed by atoms with E-state index in [4.69, 9.17) is 28.6 Å². The predicted octanol–water partition coefficient (Wildman–Crippen LogP) is 2.59. The Balaban J connectivity index is 1.40. The SMILES string of the molecule is S=C(NCCN1CCOCC1)N/N=C\c1csc(-c2ccc(Cl)cc2)n1. The molecule has 6 nitrogen and oxygen atoms in total. The fourth-order valence-electron chi connectivity index (χ4n) is 2.42. The van der Waals surface area contributed by atoms with Gasteiger partial charge in [0.2, 0.25) is 0 Å². The van der Waals surface area contributed by atoms with E-state index in [1.54, 1.807) is 17.6 Å². The second-order valence-electron chi connectivity index (χ2n) is 5.66. The van der Waals surface area contributed by atoms with Crippen LogP contribution in [0.5, 0.6) is 0 Å². The molecule has 1 aliphatic heterocycles. The van der Waals surface area contributed by atoms with Crippen LogP contribution in [0.1, 0.15) is 5.69 Å². The van der Waals surface area contributed by atoms with Gasteiger partial charge in [0, 0.05) is 42.1 Å². The summed E-state index contributed by atoms with van der Waals surface area (Å²) in [5.74, 6) is 0. The number of hydrogen-bond acceptors (Lipinski definition) is 6. The number of hydrogen-bond donors (Lipinski definition) is 2. The molecule has 0 atom stereocenters. The predicted molar refractivity (Wildman–Crippen MR) is 111 cm³/mol. The average molecular weight is 410 g/mol. The maximum Gasteiger partial charge on any atom is 0.187 e. The fraction of sp³-hybridized carbons (Fsp3) is 0.353. The first-order chi connectivity index (χ1) is 12.7. The summed E-state index contributed by atoms with van der Waals surface area (Å²) in [4.78, 5) is 6.88. The first kappa shape index (κ1) is 19.2. The van der Waals surface area contributed by atoms with E-state index in [1.807, 2.05) is 29.6 Å². The molecule has 0 radical (unpaired) electrons. The highest BCUT2D eigenvalue weighted by atomic mass is 35.5. The molecule has 1 aromatic heterocycles. The molecule has 1 aromatic carbocycles. The third kappa shape index (κ3) is 6.00. The number of thiazole rings is 1. The topological polar surface area (TPSA) is 61.8 Å². The van der Waals surface area contributed by atoms with Crippen molar-refractivity contribution >= 4 is 46.5 Å². The lowest BCUT2D eigenvalue weighted by atomic mass is 10.2. The number of thiocarbonyl (C=S) groups is 1. The average Bonchev–Trinajstić information content (AvgIpc) is 3.12. The van der Waals surface area contributed by atoms with E-state index in [-0.39, 0.29) is 0 Å². The first-order valence-corrected chi connectivity index (χ1v) is 9.96. The van der Waals surface area contributed by atoms with E-state index in [1.165, 1.54) is 0 Å². The number of aromatic nitrogens is 1. The van der Waals surface area contributed by atoms with Crippen LogP contribution in [0.3, 0.4) is 0 Å². The molecule has 0 unspecified atom stereocenters. The van der Waals surface area contributed by atoms with Crippen LogP contribution in [0.4, 0.5) is 0 Å². The number of morpholine rings is 1. The van der Waals surface area contributed by atoms with Crippen LogP contribution in [0.25, 0.3) is 10.6 Å². The number of rotatable bonds is 6. The van der Waals surface area contributed by atoms with Crippen LogP contribution < -0.4 is 10.7 Å². The van der Waals surface area contributed by atoms with Gasteiger partial charge in [-0.05, 0) is 24.4 Å². The summed E-state index contributed by atoms with van der Waals surface area (Å²) in [6, 6.07) is 7.62. The molecule has 0 bridgehead atoms. The van der Waals surface area contributed by atoms with Gasteiger partial charge in [-0.15, -0.1) is 11.3 Å². The van der Waals surface area contributed by atoms with Gasteiger partial charge in [-0.25, -0.2) is 4.98 Å². The Bertz CT molecular complexity index is 744. The van der Waals surface area contributed by atoms with Crippen molar-refractivity contribution in [1.29, 1.82) is 0 Å². The number of hydrazone groups is 1. The van der Waals surface area contributed by atoms with E-state index in [0.717, 1.165) is 55.7 Å². The zero-order valence-corrected chi connectivity index (χ0v) is 16.5. The molecule has 3 rings (SSSR count). The van der Waals surface area contributed by atoms with Gasteiger partial charge in [-0.2, -0.15) is 5.10 Å². The normalized spacial score (nSPS) is 15.3. The second kappa shape index (κ2) is 9.94. The summed E-state index contributed by atoms with van der Waals surface area (Å²) in [6.07, 6.45) is 1.66. The first-order valence-electron chi connectivity index (χ1n) is 8.29. The second-order valence-corrected chi connectivity index (χ2v) is 7.37. The summed E-state index contributed by atoms with van der Waals surface area (Å²) in [5.41, 5.74) is 4.63. The minimum Gasteiger partial charge on any atom is -0.379 e. The van der Waals surface area contributed by atoms with Crippen molar-refractivity contribution < 1.29 is 4.74 Å². The highest BCUT2D eigenvalue weighted by Crippen LogP contribution is 2.24. The van der Waals surface area contributed by atoms with E-state index in [2.05, 4.69) is 25.7 Å². The Morgan fingerprint density at radius 1 is 1.35 bits per heavy atom. The maximum atomic E-state index is 5.91. The molecule has 2 aromatic rings. The van der Waals surface area contributed by atoms with Crippen LogP contribution in [-0.2, 0) is 4.74 Å². The number of ether oxygens (including phenoxy) is 1. The molecule has 1 fully saturated rings. The molecule has 26 heavy (non-hydrogen) atoms. The summed E-state index contributed by atoms with van der Waals surface area (Å²) in [7, 11) is 0. The fourth-order valence-corrected chi connectivity index (χ4v) is 3.48. The zero-order chi connectivity index (χ0) is 18.2. The van der Waals surface area contributed by atoms with Crippen LogP contribution in [0.15, 0.2) is 34.7 Å². The Morgan fingerprint density at radius 3 is 2.88 bits per heavy atom. The Kier molecular flexibility index (Phi) is 7.33. The van der Waals surface area contributed by atoms with Crippen molar-refractivity contribution in [2.24, 2.45) is 5.10 Å². The molecule has 1 aliphatic rings. The highest BCUT2D eigenvalue weighted by Gasteiger charge is 2.09. The largest absolute Gasteiger partial charge is 0.379 e. The molecule has 0 aliphatic carbocycles. The third-order valence-electron chi connectivity index (χ3n) is 3.79. The maximum absolute atomic E-state index is 5.91. The van der Waals surface area contributed by atoms with E-state index < -0.39 is 0 Å². The van der Waals surface area contributed by atoms with E-state index in [0.29, 0.717) is 10.1 Å². The minimum atomic E-state index is 0.502. The number of benzene rings is 1. The lowest BCUT2D eigenvalue weighted by molar-refractivity contribution is 0.0389. The van der Waals surface area contributed by atoms with Crippen molar-refractivity contribution in [3.05, 3.63) is 40.4 Å². The van der Waals surface area contributed by atoms with Crippen molar-refractivity contribution in [3.63, 3.8) is 0 Å². The van der Waals surface area contributed by atoms with Crippen LogP contribution in [0, 0.1) is 0 Å². The summed E-state index contributed by atoms with van der Waals surface area (Å²) < 4.78 is 5.33. The highest BCUT2D eigenvalue weighted by molar-refractivity contribution is 7.80. The Hall–Kier alpha value is -1.58. The molecule has 2 heterocycles. The van der Waals surface area contributed by atoms with Gasteiger partial charge in [0.25, 0.3) is 0 Å². The van der Waals surface area contributed by atoms with Crippen LogP contribution >= 0.6 is 35.2 Å². The monoisotopic (exact) mass is 409 g/mol. The molecule has 9 heteroatoms. The van der Waals surface area contributed by atoms with E-state index >= 15 is 0 Å². The molecular formula is C17H20ClN5OS2. The van der Waals surface area contributed by atoms with Gasteiger partial charge in [0.15, 0.2) is 5.11 Å². The lowest BCUT2D eigenvalue weighted by Crippen LogP contribution is -2.42. The standard InChI is InChI=1S/C17H20ClN5OS2/c18-14-3-1-13(2-4-14)16-21-15(12-26-16)11-20-22-17(25)19-5-6-23-7-9-24-10-8-23/h1-4,11-12H,5-10H2,(H2,19,22,25)/b20-11-. The number of nitrogens with zero attached hydrogens (tertiary/aromatic N) is 3. The minimum absolute atomic E-state index is 0.502. The van der Waals surface area contributed by atoms with Crippen LogP contribution in [-0.4, -0.2) is 60.6 Å². The van der Waals surface area contributed by atoms with Gasteiger partial charge in [0.05, 0.1) is 25.1 Å². The Labute approximate surface area is 167 Å². The number of halogens is 1. The molecule has 0 saturated carbocycles. The van der Waals surface area contributed by atoms with Crippen molar-refractivity contribution in [2.45, 2.75) is 0 Å². The molecule has 2 N–H and O–H groups in total. The van der Waals surface area contributed by atoms with Crippen molar-refractivity contribution in [1.82, 2.24) is 20.6 Å². The van der Waals surface area contributed by atoms with Gasteiger partial charge in [-0.1, -0.05) is 23.7 Å². The number of nitrogens with one attached hydrogen (secondary N) is 2. The van der Waals surface area contributed by atoms with Crippen LogP contribution in [0.2, 0.25) is 5.02 Å². The zero-order valence-electron chi connectivity index (χ0n) is 14.2. The van der Waals surface area contributed by atoms with Gasteiger partial charge >= 0.3 is 0 Å². The molecule has 138 valence electrons. The smallest absolute Gasteiger partial charge is 0.187 e. The molecular weight excluding hydrogens is 390 g/mol. The summed E-state index contributed by atoms with van der Waals surface area (Å²) in [5, 5.41) is 11.4. The third-order valence-corrected chi connectivity index (χ3v) is 5.19. The lowest BCUT2D eigenvalue weighted by Gasteiger charge is -2.26.